The van der Waals surface area contributed by atoms with E-state index in [-0.39, 0.29) is 5.92 Å². The monoisotopic (exact) mass is 374 g/mol. The number of carbonyl (C=O) groups is 1. The second-order valence-electron chi connectivity index (χ2n) is 6.87. The fraction of sp³-hybridized carbons (Fsp3) is 0.227. The molecule has 1 aliphatic carbocycles. The zero-order valence-corrected chi connectivity index (χ0v) is 15.4. The van der Waals surface area contributed by atoms with Crippen LogP contribution in [-0.2, 0) is 4.79 Å². The highest BCUT2D eigenvalue weighted by Crippen LogP contribution is 2.41. The van der Waals surface area contributed by atoms with E-state index in [4.69, 9.17) is 5.11 Å². The van der Waals surface area contributed by atoms with Gasteiger partial charge in [0.05, 0.1) is 17.6 Å². The van der Waals surface area contributed by atoms with Crippen molar-refractivity contribution in [1.29, 1.82) is 5.26 Å². The van der Waals surface area contributed by atoms with Crippen LogP contribution >= 0.6 is 11.8 Å². The molecule has 27 heavy (non-hydrogen) atoms. The van der Waals surface area contributed by atoms with Gasteiger partial charge in [-0.3, -0.25) is 9.78 Å². The minimum absolute atomic E-state index is 0.171. The fourth-order valence-electron chi connectivity index (χ4n) is 3.62. The topological polar surface area (TPSA) is 74.0 Å². The molecule has 3 aromatic rings. The first-order valence-electron chi connectivity index (χ1n) is 8.89. The van der Waals surface area contributed by atoms with Crippen LogP contribution in [0.1, 0.15) is 18.4 Å². The van der Waals surface area contributed by atoms with Crippen molar-refractivity contribution in [3.8, 4) is 17.2 Å². The summed E-state index contributed by atoms with van der Waals surface area (Å²) < 4.78 is 0. The summed E-state index contributed by atoms with van der Waals surface area (Å²) in [7, 11) is 0. The number of nitriles is 1. The SMILES string of the molecule is N#Cc1ccc(-c2cnccc2SCC2CC(C(=O)O)C2)c2ccccc12. The van der Waals surface area contributed by atoms with E-state index < -0.39 is 5.97 Å². The summed E-state index contributed by atoms with van der Waals surface area (Å²) in [6, 6.07) is 16.1. The van der Waals surface area contributed by atoms with Gasteiger partial charge < -0.3 is 5.11 Å². The van der Waals surface area contributed by atoms with Crippen molar-refractivity contribution >= 4 is 28.5 Å². The second-order valence-corrected chi connectivity index (χ2v) is 7.94. The van der Waals surface area contributed by atoms with E-state index in [1.165, 1.54) is 0 Å². The molecule has 5 heteroatoms. The molecule has 0 bridgehead atoms. The summed E-state index contributed by atoms with van der Waals surface area (Å²) in [6.45, 7) is 0. The molecule has 1 fully saturated rings. The third-order valence-electron chi connectivity index (χ3n) is 5.18. The maximum Gasteiger partial charge on any atom is 0.306 e. The molecule has 0 unspecified atom stereocenters. The second kappa shape index (κ2) is 7.42. The Labute approximate surface area is 161 Å². The van der Waals surface area contributed by atoms with E-state index in [1.54, 1.807) is 18.0 Å². The number of benzene rings is 2. The van der Waals surface area contributed by atoms with Crippen molar-refractivity contribution in [2.24, 2.45) is 11.8 Å². The summed E-state index contributed by atoms with van der Waals surface area (Å²) >= 11 is 1.76. The van der Waals surface area contributed by atoms with Crippen molar-refractivity contribution < 1.29 is 9.90 Å². The van der Waals surface area contributed by atoms with Crippen LogP contribution in [0.3, 0.4) is 0 Å². The normalized spacial score (nSPS) is 18.6. The predicted octanol–water partition coefficient (Wildman–Crippen LogP) is 4.98. The Morgan fingerprint density at radius 2 is 1.93 bits per heavy atom. The fourth-order valence-corrected chi connectivity index (χ4v) is 4.78. The number of hydrogen-bond acceptors (Lipinski definition) is 4. The molecule has 0 spiro atoms. The summed E-state index contributed by atoms with van der Waals surface area (Å²) in [5, 5.41) is 20.4. The van der Waals surface area contributed by atoms with Crippen LogP contribution in [-0.4, -0.2) is 21.8 Å². The quantitative estimate of drug-likeness (QED) is 0.638. The van der Waals surface area contributed by atoms with Crippen LogP contribution in [0.2, 0.25) is 0 Å². The molecule has 2 aromatic carbocycles. The van der Waals surface area contributed by atoms with Gasteiger partial charge in [-0.1, -0.05) is 30.3 Å². The molecule has 1 saturated carbocycles. The van der Waals surface area contributed by atoms with E-state index in [1.807, 2.05) is 48.7 Å². The first kappa shape index (κ1) is 17.6. The lowest BCUT2D eigenvalue weighted by Crippen LogP contribution is -2.31. The summed E-state index contributed by atoms with van der Waals surface area (Å²) in [6.07, 6.45) is 5.20. The number of nitrogens with zero attached hydrogens (tertiary/aromatic N) is 2. The number of aromatic nitrogens is 1. The maximum absolute atomic E-state index is 11.0. The minimum atomic E-state index is -0.676. The first-order chi connectivity index (χ1) is 13.2. The number of rotatable bonds is 5. The van der Waals surface area contributed by atoms with Crippen molar-refractivity contribution in [2.75, 3.05) is 5.75 Å². The Balaban J connectivity index is 1.63. The van der Waals surface area contributed by atoms with Crippen LogP contribution in [0, 0.1) is 23.2 Å². The van der Waals surface area contributed by atoms with Gasteiger partial charge in [-0.05, 0) is 41.8 Å². The Bertz CT molecular complexity index is 1050. The number of aliphatic carboxylic acids is 1. The average molecular weight is 374 g/mol. The van der Waals surface area contributed by atoms with Gasteiger partial charge >= 0.3 is 5.97 Å². The van der Waals surface area contributed by atoms with Gasteiger partial charge in [0.1, 0.15) is 0 Å². The third-order valence-corrected chi connectivity index (χ3v) is 6.48. The van der Waals surface area contributed by atoms with Crippen molar-refractivity contribution in [1.82, 2.24) is 4.98 Å². The van der Waals surface area contributed by atoms with Crippen LogP contribution in [0.15, 0.2) is 59.8 Å². The predicted molar refractivity (Wildman–Crippen MR) is 106 cm³/mol. The van der Waals surface area contributed by atoms with Gasteiger partial charge in [0.25, 0.3) is 0 Å². The first-order valence-corrected chi connectivity index (χ1v) is 9.87. The zero-order valence-electron chi connectivity index (χ0n) is 14.6. The molecule has 0 amide bonds. The average Bonchev–Trinajstić information content (AvgIpc) is 2.66. The highest BCUT2D eigenvalue weighted by atomic mass is 32.2. The van der Waals surface area contributed by atoms with Gasteiger partial charge in [-0.25, -0.2) is 0 Å². The minimum Gasteiger partial charge on any atom is -0.481 e. The lowest BCUT2D eigenvalue weighted by molar-refractivity contribution is -0.145. The number of carboxylic acid groups (broad SMARTS) is 1. The third kappa shape index (κ3) is 3.41. The summed E-state index contributed by atoms with van der Waals surface area (Å²) in [4.78, 5) is 16.4. The van der Waals surface area contributed by atoms with Gasteiger partial charge in [0.15, 0.2) is 0 Å². The van der Waals surface area contributed by atoms with Crippen molar-refractivity contribution in [3.63, 3.8) is 0 Å². The lowest BCUT2D eigenvalue weighted by Gasteiger charge is -2.32. The van der Waals surface area contributed by atoms with Gasteiger partial charge in [0, 0.05) is 34.0 Å². The lowest BCUT2D eigenvalue weighted by atomic mass is 9.76. The molecular weight excluding hydrogens is 356 g/mol. The van der Waals surface area contributed by atoms with Crippen LogP contribution in [0.25, 0.3) is 21.9 Å². The molecule has 0 aliphatic heterocycles. The van der Waals surface area contributed by atoms with Crippen LogP contribution in [0.4, 0.5) is 0 Å². The number of fused-ring (bicyclic) bond motifs is 1. The van der Waals surface area contributed by atoms with Crippen molar-refractivity contribution in [2.45, 2.75) is 17.7 Å². The number of thioether (sulfide) groups is 1. The number of carboxylic acids is 1. The van der Waals surface area contributed by atoms with Gasteiger partial charge in [-0.2, -0.15) is 5.26 Å². The summed E-state index contributed by atoms with van der Waals surface area (Å²) in [5.41, 5.74) is 2.79. The van der Waals surface area contributed by atoms with Crippen LogP contribution in [0.5, 0.6) is 0 Å². The standard InChI is InChI=1S/C22H18N2O2S/c23-11-15-5-6-19(18-4-2-1-3-17(15)18)20-12-24-8-7-21(20)27-13-14-9-16(10-14)22(25)26/h1-8,12,14,16H,9-10,13H2,(H,25,26). The Hall–Kier alpha value is -2.84. The largest absolute Gasteiger partial charge is 0.481 e. The summed E-state index contributed by atoms with van der Waals surface area (Å²) in [5.74, 6) is 0.518. The van der Waals surface area contributed by atoms with Crippen molar-refractivity contribution in [3.05, 3.63) is 60.4 Å². The molecule has 1 aromatic heterocycles. The highest BCUT2D eigenvalue weighted by Gasteiger charge is 2.34. The van der Waals surface area contributed by atoms with Gasteiger partial charge in [-0.15, -0.1) is 11.8 Å². The van der Waals surface area contributed by atoms with E-state index in [2.05, 4.69) is 11.1 Å². The zero-order chi connectivity index (χ0) is 18.8. The smallest absolute Gasteiger partial charge is 0.306 e. The Morgan fingerprint density at radius 3 is 2.67 bits per heavy atom. The highest BCUT2D eigenvalue weighted by molar-refractivity contribution is 7.99. The molecule has 0 atom stereocenters. The Kier molecular flexibility index (Phi) is 4.83. The Morgan fingerprint density at radius 1 is 1.15 bits per heavy atom. The number of pyridine rings is 1. The molecule has 134 valence electrons. The molecule has 1 N–H and O–H groups in total. The maximum atomic E-state index is 11.0. The van der Waals surface area contributed by atoms with E-state index in [9.17, 15) is 10.1 Å². The molecule has 0 radical (unpaired) electrons. The molecule has 4 rings (SSSR count). The molecule has 1 aliphatic rings. The number of hydrogen-bond donors (Lipinski definition) is 1. The molecular formula is C22H18N2O2S. The molecule has 4 nitrogen and oxygen atoms in total. The van der Waals surface area contributed by atoms with E-state index >= 15 is 0 Å². The van der Waals surface area contributed by atoms with Gasteiger partial charge in [0.2, 0.25) is 0 Å². The molecule has 1 heterocycles. The van der Waals surface area contributed by atoms with E-state index in [0.29, 0.717) is 11.5 Å². The van der Waals surface area contributed by atoms with Crippen LogP contribution < -0.4 is 0 Å². The molecule has 0 saturated heterocycles. The van der Waals surface area contributed by atoms with E-state index in [0.717, 1.165) is 45.4 Å².